The largest absolute Gasteiger partial charge is 0.396 e. The molecule has 3 heteroatoms. The lowest BCUT2D eigenvalue weighted by molar-refractivity contribution is -0.162. The van der Waals surface area contributed by atoms with Gasteiger partial charge in [-0.2, -0.15) is 0 Å². The van der Waals surface area contributed by atoms with Crippen LogP contribution in [0.5, 0.6) is 0 Å². The van der Waals surface area contributed by atoms with E-state index in [4.69, 9.17) is 14.6 Å². The zero-order valence-corrected chi connectivity index (χ0v) is 10.1. The van der Waals surface area contributed by atoms with Crippen molar-refractivity contribution in [3.63, 3.8) is 0 Å². The summed E-state index contributed by atoms with van der Waals surface area (Å²) in [5, 5.41) is 8.57. The molecule has 0 aromatic rings. The number of hydrogen-bond acceptors (Lipinski definition) is 3. The third kappa shape index (κ3) is 6.99. The highest BCUT2D eigenvalue weighted by Crippen LogP contribution is 2.14. The number of rotatable bonds is 8. The molecule has 0 saturated carbocycles. The molecule has 0 aromatic heterocycles. The average Bonchev–Trinajstić information content (AvgIpc) is 2.34. The molecule has 1 aliphatic rings. The summed E-state index contributed by atoms with van der Waals surface area (Å²) in [7, 11) is 0. The molecule has 1 saturated heterocycles. The van der Waals surface area contributed by atoms with Gasteiger partial charge in [0.25, 0.3) is 0 Å². The number of aliphatic hydroxyl groups excluding tert-OH is 1. The van der Waals surface area contributed by atoms with Crippen LogP contribution < -0.4 is 0 Å². The van der Waals surface area contributed by atoms with Crippen LogP contribution in [-0.2, 0) is 9.47 Å². The molecule has 94 valence electrons. The second-order valence-electron chi connectivity index (χ2n) is 4.15. The van der Waals surface area contributed by atoms with E-state index in [0.29, 0.717) is 0 Å². The van der Waals surface area contributed by atoms with Crippen LogP contribution in [-0.4, -0.2) is 31.2 Å². The molecule has 0 bridgehead atoms. The Kier molecular flexibility index (Phi) is 8.40. The van der Waals surface area contributed by atoms with Crippen LogP contribution in [0.4, 0.5) is 0 Å². The van der Waals surface area contributed by atoms with Crippen molar-refractivity contribution in [1.82, 2.24) is 0 Å². The Morgan fingerprint density at radius 2 is 2.06 bits per heavy atom. The first-order valence-electron chi connectivity index (χ1n) is 6.42. The van der Waals surface area contributed by atoms with Crippen molar-refractivity contribution >= 4 is 0 Å². The van der Waals surface area contributed by atoms with E-state index in [1.165, 1.54) is 12.8 Å². The van der Waals surface area contributed by atoms with Crippen molar-refractivity contribution in [2.75, 3.05) is 19.8 Å². The molecule has 1 aliphatic heterocycles. The average molecular weight is 228 g/mol. The fourth-order valence-electron chi connectivity index (χ4n) is 1.73. The first-order valence-corrected chi connectivity index (χ1v) is 6.42. The fraction of sp³-hybridized carbons (Fsp3) is 0.846. The third-order valence-corrected chi connectivity index (χ3v) is 2.67. The molecule has 0 spiro atoms. The quantitative estimate of drug-likeness (QED) is 0.512. The molecule has 0 aliphatic carbocycles. The SMILES string of the molecule is OCC/C=C\CCCCO[C@@H]1CCCCO1. The van der Waals surface area contributed by atoms with Crippen LogP contribution in [0.1, 0.15) is 44.9 Å². The molecule has 0 amide bonds. The highest BCUT2D eigenvalue weighted by Gasteiger charge is 2.12. The van der Waals surface area contributed by atoms with Crippen LogP contribution in [0.3, 0.4) is 0 Å². The van der Waals surface area contributed by atoms with Gasteiger partial charge in [0.1, 0.15) is 0 Å². The van der Waals surface area contributed by atoms with E-state index in [1.807, 2.05) is 6.08 Å². The van der Waals surface area contributed by atoms with Gasteiger partial charge in [0.2, 0.25) is 0 Å². The van der Waals surface area contributed by atoms with Gasteiger partial charge in [0.15, 0.2) is 6.29 Å². The van der Waals surface area contributed by atoms with Crippen molar-refractivity contribution in [2.24, 2.45) is 0 Å². The second-order valence-corrected chi connectivity index (χ2v) is 4.15. The highest BCUT2D eigenvalue weighted by atomic mass is 16.7. The van der Waals surface area contributed by atoms with E-state index < -0.39 is 0 Å². The van der Waals surface area contributed by atoms with Crippen molar-refractivity contribution < 1.29 is 14.6 Å². The molecule has 16 heavy (non-hydrogen) atoms. The molecule has 1 N–H and O–H groups in total. The molecular formula is C13H24O3. The first kappa shape index (κ1) is 13.7. The lowest BCUT2D eigenvalue weighted by Gasteiger charge is -2.22. The molecule has 1 atom stereocenters. The summed E-state index contributed by atoms with van der Waals surface area (Å²) in [6.07, 6.45) is 11.8. The van der Waals surface area contributed by atoms with Crippen LogP contribution in [0.15, 0.2) is 12.2 Å². The summed E-state index contributed by atoms with van der Waals surface area (Å²) in [6, 6.07) is 0. The Balaban J connectivity index is 1.83. The Bertz CT molecular complexity index is 174. The minimum absolute atomic E-state index is 0.0543. The predicted octanol–water partition coefficient (Wildman–Crippen LogP) is 2.64. The van der Waals surface area contributed by atoms with Gasteiger partial charge >= 0.3 is 0 Å². The van der Waals surface area contributed by atoms with Crippen molar-refractivity contribution in [2.45, 2.75) is 51.2 Å². The molecule has 1 rings (SSSR count). The van der Waals surface area contributed by atoms with Crippen molar-refractivity contribution in [1.29, 1.82) is 0 Å². The van der Waals surface area contributed by atoms with E-state index in [2.05, 4.69) is 6.08 Å². The molecule has 1 fully saturated rings. The number of allylic oxidation sites excluding steroid dienone is 1. The first-order chi connectivity index (χ1) is 7.93. The lowest BCUT2D eigenvalue weighted by atomic mass is 10.2. The van der Waals surface area contributed by atoms with Gasteiger partial charge in [0, 0.05) is 19.8 Å². The summed E-state index contributed by atoms with van der Waals surface area (Å²) < 4.78 is 11.1. The van der Waals surface area contributed by atoms with Gasteiger partial charge < -0.3 is 14.6 Å². The molecule has 0 aromatic carbocycles. The van der Waals surface area contributed by atoms with Gasteiger partial charge in [-0.3, -0.25) is 0 Å². The van der Waals surface area contributed by atoms with E-state index >= 15 is 0 Å². The summed E-state index contributed by atoms with van der Waals surface area (Å²) in [5.41, 5.74) is 0. The number of ether oxygens (including phenoxy) is 2. The maximum absolute atomic E-state index is 8.57. The minimum atomic E-state index is 0.0543. The summed E-state index contributed by atoms with van der Waals surface area (Å²) in [4.78, 5) is 0. The zero-order chi connectivity index (χ0) is 11.5. The monoisotopic (exact) mass is 228 g/mol. The molecule has 0 unspecified atom stereocenters. The lowest BCUT2D eigenvalue weighted by Crippen LogP contribution is -2.22. The summed E-state index contributed by atoms with van der Waals surface area (Å²) in [5.74, 6) is 0. The summed E-state index contributed by atoms with van der Waals surface area (Å²) in [6.45, 7) is 1.91. The van der Waals surface area contributed by atoms with Crippen LogP contribution in [0, 0.1) is 0 Å². The maximum Gasteiger partial charge on any atom is 0.157 e. The fourth-order valence-corrected chi connectivity index (χ4v) is 1.73. The van der Waals surface area contributed by atoms with Crippen LogP contribution >= 0.6 is 0 Å². The van der Waals surface area contributed by atoms with Crippen LogP contribution in [0.25, 0.3) is 0 Å². The predicted molar refractivity (Wildman–Crippen MR) is 64.2 cm³/mol. The Labute approximate surface area is 98.4 Å². The number of aliphatic hydroxyl groups is 1. The normalized spacial score (nSPS) is 21.7. The third-order valence-electron chi connectivity index (χ3n) is 2.67. The Hall–Kier alpha value is -0.380. The van der Waals surface area contributed by atoms with E-state index in [1.54, 1.807) is 0 Å². The van der Waals surface area contributed by atoms with Crippen molar-refractivity contribution in [3.8, 4) is 0 Å². The molecule has 3 nitrogen and oxygen atoms in total. The van der Waals surface area contributed by atoms with Gasteiger partial charge in [-0.05, 0) is 44.9 Å². The molecule has 1 heterocycles. The van der Waals surface area contributed by atoms with Gasteiger partial charge in [-0.15, -0.1) is 0 Å². The molecule has 0 radical (unpaired) electrons. The number of hydrogen-bond donors (Lipinski definition) is 1. The van der Waals surface area contributed by atoms with Gasteiger partial charge in [-0.1, -0.05) is 12.2 Å². The maximum atomic E-state index is 8.57. The topological polar surface area (TPSA) is 38.7 Å². The molecular weight excluding hydrogens is 204 g/mol. The number of unbranched alkanes of at least 4 members (excludes halogenated alkanes) is 2. The Morgan fingerprint density at radius 3 is 2.81 bits per heavy atom. The Morgan fingerprint density at radius 1 is 1.19 bits per heavy atom. The minimum Gasteiger partial charge on any atom is -0.396 e. The van der Waals surface area contributed by atoms with Gasteiger partial charge in [-0.25, -0.2) is 0 Å². The van der Waals surface area contributed by atoms with E-state index in [-0.39, 0.29) is 12.9 Å². The van der Waals surface area contributed by atoms with Crippen LogP contribution in [0.2, 0.25) is 0 Å². The summed E-state index contributed by atoms with van der Waals surface area (Å²) >= 11 is 0. The smallest absolute Gasteiger partial charge is 0.157 e. The standard InChI is InChI=1S/C13H24O3/c14-10-6-3-1-2-4-7-11-15-13-9-5-8-12-16-13/h1,3,13-14H,2,4-12H2/b3-1-/t13-/m0/s1. The highest BCUT2D eigenvalue weighted by molar-refractivity contribution is 4.80. The van der Waals surface area contributed by atoms with Crippen molar-refractivity contribution in [3.05, 3.63) is 12.2 Å². The second kappa shape index (κ2) is 9.82. The zero-order valence-electron chi connectivity index (χ0n) is 10.1. The van der Waals surface area contributed by atoms with E-state index in [0.717, 1.165) is 45.3 Å². The van der Waals surface area contributed by atoms with E-state index in [9.17, 15) is 0 Å². The van der Waals surface area contributed by atoms with Gasteiger partial charge in [0.05, 0.1) is 0 Å².